The third kappa shape index (κ3) is 3.76. The summed E-state index contributed by atoms with van der Waals surface area (Å²) in [5.74, 6) is -0.0666. The first-order valence-corrected chi connectivity index (χ1v) is 9.50. The Labute approximate surface area is 146 Å². The van der Waals surface area contributed by atoms with E-state index in [1.54, 1.807) is 30.3 Å². The van der Waals surface area contributed by atoms with E-state index in [0.717, 1.165) is 0 Å². The molecular formula is C17H20N2O5S. The van der Waals surface area contributed by atoms with Gasteiger partial charge in [-0.2, -0.15) is 4.31 Å². The molecule has 1 aromatic heterocycles. The van der Waals surface area contributed by atoms with E-state index in [0.29, 0.717) is 25.1 Å². The van der Waals surface area contributed by atoms with E-state index in [9.17, 15) is 18.3 Å². The monoisotopic (exact) mass is 364 g/mol. The molecule has 1 aliphatic heterocycles. The summed E-state index contributed by atoms with van der Waals surface area (Å²) in [4.78, 5) is 12.6. The van der Waals surface area contributed by atoms with Crippen molar-refractivity contribution in [3.05, 3.63) is 54.5 Å². The number of nitrogens with zero attached hydrogens (tertiary/aromatic N) is 1. The Kier molecular flexibility index (Phi) is 5.22. The number of hydrogen-bond donors (Lipinski definition) is 2. The van der Waals surface area contributed by atoms with E-state index in [4.69, 9.17) is 4.42 Å². The third-order valence-electron chi connectivity index (χ3n) is 4.20. The molecule has 0 saturated carbocycles. The van der Waals surface area contributed by atoms with Crippen molar-refractivity contribution in [2.45, 2.75) is 29.9 Å². The van der Waals surface area contributed by atoms with Crippen molar-refractivity contribution in [3.8, 4) is 0 Å². The molecule has 2 heterocycles. The van der Waals surface area contributed by atoms with Crippen LogP contribution >= 0.6 is 0 Å². The lowest BCUT2D eigenvalue weighted by atomic mass is 10.2. The lowest BCUT2D eigenvalue weighted by Gasteiger charge is -2.23. The van der Waals surface area contributed by atoms with Gasteiger partial charge in [-0.05, 0) is 37.1 Å². The highest BCUT2D eigenvalue weighted by molar-refractivity contribution is 7.89. The van der Waals surface area contributed by atoms with Gasteiger partial charge in [0.15, 0.2) is 0 Å². The molecule has 0 bridgehead atoms. The van der Waals surface area contributed by atoms with Crippen molar-refractivity contribution >= 4 is 15.9 Å². The minimum Gasteiger partial charge on any atom is -0.467 e. The smallest absolute Gasteiger partial charge is 0.243 e. The van der Waals surface area contributed by atoms with Crippen molar-refractivity contribution < 1.29 is 22.7 Å². The molecule has 2 aromatic rings. The van der Waals surface area contributed by atoms with Gasteiger partial charge in [-0.1, -0.05) is 18.2 Å². The highest BCUT2D eigenvalue weighted by Crippen LogP contribution is 2.26. The zero-order valence-corrected chi connectivity index (χ0v) is 14.4. The third-order valence-corrected chi connectivity index (χ3v) is 6.12. The number of benzene rings is 1. The number of aliphatic hydroxyl groups excluding tert-OH is 1. The van der Waals surface area contributed by atoms with Crippen molar-refractivity contribution in [1.82, 2.24) is 9.62 Å². The summed E-state index contributed by atoms with van der Waals surface area (Å²) in [6, 6.07) is 10.6. The first kappa shape index (κ1) is 17.7. The molecule has 3 rings (SSSR count). The molecule has 2 unspecified atom stereocenters. The Morgan fingerprint density at radius 3 is 2.72 bits per heavy atom. The number of aliphatic hydroxyl groups is 1. The lowest BCUT2D eigenvalue weighted by molar-refractivity contribution is -0.124. The van der Waals surface area contributed by atoms with Crippen LogP contribution in [0.2, 0.25) is 0 Å². The summed E-state index contributed by atoms with van der Waals surface area (Å²) in [6.07, 6.45) is 1.53. The van der Waals surface area contributed by atoms with Crippen LogP contribution in [0.4, 0.5) is 0 Å². The zero-order valence-electron chi connectivity index (χ0n) is 13.5. The number of furan rings is 1. The number of carbonyl (C=O) groups is 1. The molecule has 8 heteroatoms. The van der Waals surface area contributed by atoms with Gasteiger partial charge in [0.2, 0.25) is 15.9 Å². The second-order valence-corrected chi connectivity index (χ2v) is 7.75. The Morgan fingerprint density at radius 2 is 2.04 bits per heavy atom. The van der Waals surface area contributed by atoms with Crippen LogP contribution in [0.25, 0.3) is 0 Å². The molecule has 7 nitrogen and oxygen atoms in total. The molecule has 2 N–H and O–H groups in total. The summed E-state index contributed by atoms with van der Waals surface area (Å²) in [7, 11) is -3.72. The second-order valence-electron chi connectivity index (χ2n) is 5.86. The van der Waals surface area contributed by atoms with E-state index in [1.807, 2.05) is 0 Å². The Bertz CT molecular complexity index is 805. The summed E-state index contributed by atoms with van der Waals surface area (Å²) in [6.45, 7) is 0.262. The van der Waals surface area contributed by atoms with E-state index in [-0.39, 0.29) is 11.4 Å². The predicted molar refractivity (Wildman–Crippen MR) is 90.0 cm³/mol. The van der Waals surface area contributed by atoms with Gasteiger partial charge in [-0.15, -0.1) is 0 Å². The maximum atomic E-state index is 12.8. The summed E-state index contributed by atoms with van der Waals surface area (Å²) in [5, 5.41) is 12.6. The van der Waals surface area contributed by atoms with Gasteiger partial charge in [-0.25, -0.2) is 8.42 Å². The quantitative estimate of drug-likeness (QED) is 0.804. The van der Waals surface area contributed by atoms with E-state index >= 15 is 0 Å². The molecule has 0 spiro atoms. The van der Waals surface area contributed by atoms with Crippen LogP contribution < -0.4 is 5.32 Å². The minimum absolute atomic E-state index is 0.0396. The Hall–Kier alpha value is -2.16. The summed E-state index contributed by atoms with van der Waals surface area (Å²) in [5.41, 5.74) is 0. The average Bonchev–Trinajstić information content (AvgIpc) is 3.31. The number of rotatable bonds is 6. The summed E-state index contributed by atoms with van der Waals surface area (Å²) >= 11 is 0. The van der Waals surface area contributed by atoms with Gasteiger partial charge in [0.1, 0.15) is 17.9 Å². The topological polar surface area (TPSA) is 99.8 Å². The van der Waals surface area contributed by atoms with Crippen molar-refractivity contribution in [3.63, 3.8) is 0 Å². The van der Waals surface area contributed by atoms with Crippen LogP contribution in [0.3, 0.4) is 0 Å². The minimum atomic E-state index is -3.72. The first-order valence-electron chi connectivity index (χ1n) is 8.06. The molecule has 0 radical (unpaired) electrons. The van der Waals surface area contributed by atoms with Crippen LogP contribution in [-0.2, 0) is 14.8 Å². The fourth-order valence-electron chi connectivity index (χ4n) is 2.91. The number of hydrogen-bond acceptors (Lipinski definition) is 5. The summed E-state index contributed by atoms with van der Waals surface area (Å²) < 4.78 is 31.8. The van der Waals surface area contributed by atoms with Gasteiger partial charge in [0, 0.05) is 6.54 Å². The van der Waals surface area contributed by atoms with Crippen LogP contribution in [0.1, 0.15) is 24.7 Å². The predicted octanol–water partition coefficient (Wildman–Crippen LogP) is 1.28. The van der Waals surface area contributed by atoms with Gasteiger partial charge in [0.05, 0.1) is 17.7 Å². The van der Waals surface area contributed by atoms with Crippen LogP contribution in [0, 0.1) is 0 Å². The number of amides is 1. The molecule has 1 saturated heterocycles. The van der Waals surface area contributed by atoms with Crippen LogP contribution in [0.5, 0.6) is 0 Å². The van der Waals surface area contributed by atoms with E-state index < -0.39 is 28.1 Å². The fraction of sp³-hybridized carbons (Fsp3) is 0.353. The fourth-order valence-corrected chi connectivity index (χ4v) is 4.59. The van der Waals surface area contributed by atoms with Crippen LogP contribution in [0.15, 0.2) is 58.0 Å². The molecule has 1 aliphatic rings. The van der Waals surface area contributed by atoms with E-state index in [2.05, 4.69) is 5.32 Å². The van der Waals surface area contributed by atoms with Crippen molar-refractivity contribution in [2.75, 3.05) is 13.1 Å². The van der Waals surface area contributed by atoms with Gasteiger partial charge >= 0.3 is 0 Å². The number of nitrogens with one attached hydrogen (secondary N) is 1. The lowest BCUT2D eigenvalue weighted by Crippen LogP contribution is -2.46. The average molecular weight is 364 g/mol. The highest BCUT2D eigenvalue weighted by Gasteiger charge is 2.39. The second kappa shape index (κ2) is 7.38. The Balaban J connectivity index is 1.68. The highest BCUT2D eigenvalue weighted by atomic mass is 32.2. The SMILES string of the molecule is O=C(NCC(O)c1ccco1)C1CCCN1S(=O)(=O)c1ccccc1. The molecule has 134 valence electrons. The first-order chi connectivity index (χ1) is 12.0. The van der Waals surface area contributed by atoms with Gasteiger partial charge in [0.25, 0.3) is 0 Å². The van der Waals surface area contributed by atoms with E-state index in [1.165, 1.54) is 22.7 Å². The van der Waals surface area contributed by atoms with Crippen molar-refractivity contribution in [2.24, 2.45) is 0 Å². The molecule has 0 aliphatic carbocycles. The van der Waals surface area contributed by atoms with Crippen molar-refractivity contribution in [1.29, 1.82) is 0 Å². The van der Waals surface area contributed by atoms with Gasteiger partial charge < -0.3 is 14.8 Å². The zero-order chi connectivity index (χ0) is 17.9. The normalized spacial score (nSPS) is 19.6. The molecule has 25 heavy (non-hydrogen) atoms. The molecule has 1 fully saturated rings. The molecule has 2 atom stereocenters. The maximum Gasteiger partial charge on any atom is 0.243 e. The largest absolute Gasteiger partial charge is 0.467 e. The standard InChI is InChI=1S/C17H20N2O5S/c20-15(16-9-5-11-24-16)12-18-17(21)14-8-4-10-19(14)25(22,23)13-6-2-1-3-7-13/h1-3,5-7,9,11,14-15,20H,4,8,10,12H2,(H,18,21). The molecular weight excluding hydrogens is 344 g/mol. The maximum absolute atomic E-state index is 12.8. The number of sulfonamides is 1. The Morgan fingerprint density at radius 1 is 1.28 bits per heavy atom. The van der Waals surface area contributed by atoms with Gasteiger partial charge in [-0.3, -0.25) is 4.79 Å². The molecule has 1 aromatic carbocycles. The molecule has 1 amide bonds. The number of carbonyl (C=O) groups excluding carboxylic acids is 1. The van der Waals surface area contributed by atoms with Crippen LogP contribution in [-0.4, -0.2) is 42.9 Å².